The van der Waals surface area contributed by atoms with Crippen molar-refractivity contribution in [3.63, 3.8) is 0 Å². The normalized spacial score (nSPS) is 19.0. The lowest BCUT2D eigenvalue weighted by Gasteiger charge is -2.40. The van der Waals surface area contributed by atoms with Crippen molar-refractivity contribution in [3.8, 4) is 0 Å². The number of β-lactam (4-membered cyclic amide) rings is 1. The number of nitrogens with zero attached hydrogens (tertiary/aromatic N) is 1. The highest BCUT2D eigenvalue weighted by molar-refractivity contribution is 7.80. The third-order valence-corrected chi connectivity index (χ3v) is 3.50. The van der Waals surface area contributed by atoms with Gasteiger partial charge in [-0.15, -0.1) is 0 Å². The Bertz CT molecular complexity index is 524. The quantitative estimate of drug-likeness (QED) is 0.316. The number of ether oxygens (including phenoxy) is 2. The van der Waals surface area contributed by atoms with E-state index in [0.717, 1.165) is 0 Å². The fraction of sp³-hybridized carbons (Fsp3) is 0.667. The molecule has 0 aromatic rings. The summed E-state index contributed by atoms with van der Waals surface area (Å²) in [6, 6.07) is -0.331. The number of rotatable bonds is 6. The zero-order valence-corrected chi connectivity index (χ0v) is 15.0. The van der Waals surface area contributed by atoms with Gasteiger partial charge in [-0.05, 0) is 27.8 Å². The van der Waals surface area contributed by atoms with Crippen LogP contribution in [0.25, 0.3) is 0 Å². The first-order valence-corrected chi connectivity index (χ1v) is 7.92. The van der Waals surface area contributed by atoms with Gasteiger partial charge in [-0.3, -0.25) is 9.59 Å². The second-order valence-electron chi connectivity index (χ2n) is 6.18. The molecule has 1 atom stereocenters. The maximum Gasteiger partial charge on any atom is 0.355 e. The Labute approximate surface area is 141 Å². The maximum absolute atomic E-state index is 12.5. The highest BCUT2D eigenvalue weighted by Gasteiger charge is 2.42. The molecule has 7 nitrogen and oxygen atoms in total. The molecular weight excluding hydrogens is 320 g/mol. The van der Waals surface area contributed by atoms with Crippen LogP contribution < -0.4 is 5.32 Å². The summed E-state index contributed by atoms with van der Waals surface area (Å²) in [5, 5.41) is 2.86. The Kier molecular flexibility index (Phi) is 6.64. The van der Waals surface area contributed by atoms with Crippen molar-refractivity contribution in [1.82, 2.24) is 10.2 Å². The smallest absolute Gasteiger partial charge is 0.355 e. The lowest BCUT2D eigenvalue weighted by Crippen LogP contribution is -2.62. The molecule has 1 heterocycles. The molecule has 0 saturated carbocycles. The molecule has 1 aliphatic heterocycles. The fourth-order valence-electron chi connectivity index (χ4n) is 1.99. The molecule has 0 spiro atoms. The maximum atomic E-state index is 12.5. The monoisotopic (exact) mass is 344 g/mol. The van der Waals surface area contributed by atoms with Gasteiger partial charge in [-0.2, -0.15) is 12.6 Å². The van der Waals surface area contributed by atoms with Gasteiger partial charge in [0.1, 0.15) is 23.9 Å². The Hall–Kier alpha value is -1.54. The number of esters is 2. The van der Waals surface area contributed by atoms with E-state index in [0.29, 0.717) is 12.1 Å². The molecule has 1 amide bonds. The van der Waals surface area contributed by atoms with Crippen molar-refractivity contribution >= 4 is 30.5 Å². The fourth-order valence-corrected chi connectivity index (χ4v) is 2.23. The highest BCUT2D eigenvalue weighted by atomic mass is 32.1. The van der Waals surface area contributed by atoms with E-state index in [-0.39, 0.29) is 30.0 Å². The van der Waals surface area contributed by atoms with Crippen LogP contribution >= 0.6 is 12.6 Å². The van der Waals surface area contributed by atoms with Gasteiger partial charge in [0.25, 0.3) is 0 Å². The zero-order valence-electron chi connectivity index (χ0n) is 14.1. The highest BCUT2D eigenvalue weighted by Crippen LogP contribution is 2.24. The molecule has 23 heavy (non-hydrogen) atoms. The molecule has 1 rings (SSSR count). The van der Waals surface area contributed by atoms with Crippen molar-refractivity contribution in [1.29, 1.82) is 0 Å². The van der Waals surface area contributed by atoms with E-state index >= 15 is 0 Å². The van der Waals surface area contributed by atoms with E-state index < -0.39 is 17.5 Å². The molecule has 0 aromatic heterocycles. The van der Waals surface area contributed by atoms with E-state index in [1.54, 1.807) is 27.8 Å². The minimum atomic E-state index is -0.707. The average Bonchev–Trinajstić information content (AvgIpc) is 2.42. The number of thiol groups is 1. The molecule has 0 radical (unpaired) electrons. The summed E-state index contributed by atoms with van der Waals surface area (Å²) >= 11 is 4.19. The van der Waals surface area contributed by atoms with Crippen molar-refractivity contribution in [2.24, 2.45) is 0 Å². The molecule has 1 N–H and O–H groups in total. The molecule has 0 aromatic carbocycles. The number of hydrogen-bond donors (Lipinski definition) is 2. The standard InChI is InChI=1S/C15H24N2O5S/c1-9(18)21-7-10(8-23)12(14(20)22-15(2,3)4)17-6-11(16-5)13(17)19/h11,16,23H,6-8H2,1-5H3/b12-10-. The van der Waals surface area contributed by atoms with Crippen LogP contribution in [0, 0.1) is 0 Å². The summed E-state index contributed by atoms with van der Waals surface area (Å²) in [6.07, 6.45) is 0. The van der Waals surface area contributed by atoms with Gasteiger partial charge in [0.05, 0.1) is 6.54 Å². The summed E-state index contributed by atoms with van der Waals surface area (Å²) in [4.78, 5) is 37.0. The second-order valence-corrected chi connectivity index (χ2v) is 6.50. The van der Waals surface area contributed by atoms with Gasteiger partial charge in [0, 0.05) is 18.2 Å². The van der Waals surface area contributed by atoms with Crippen molar-refractivity contribution in [3.05, 3.63) is 11.3 Å². The van der Waals surface area contributed by atoms with Crippen molar-refractivity contribution in [2.75, 3.05) is 26.0 Å². The third-order valence-electron chi connectivity index (χ3n) is 3.12. The van der Waals surface area contributed by atoms with E-state index in [4.69, 9.17) is 9.47 Å². The summed E-state index contributed by atoms with van der Waals surface area (Å²) in [7, 11) is 1.68. The van der Waals surface area contributed by atoms with Gasteiger partial charge in [0.2, 0.25) is 5.91 Å². The molecule has 1 saturated heterocycles. The van der Waals surface area contributed by atoms with E-state index in [2.05, 4.69) is 17.9 Å². The lowest BCUT2D eigenvalue weighted by molar-refractivity contribution is -0.157. The van der Waals surface area contributed by atoms with Crippen LogP contribution in [0.15, 0.2) is 11.3 Å². The van der Waals surface area contributed by atoms with E-state index in [1.165, 1.54) is 11.8 Å². The van der Waals surface area contributed by atoms with Crippen molar-refractivity contribution < 1.29 is 23.9 Å². The van der Waals surface area contributed by atoms with Crippen LogP contribution in [-0.2, 0) is 23.9 Å². The predicted octanol–water partition coefficient (Wildman–Crippen LogP) is 0.505. The Morgan fingerprint density at radius 2 is 2.00 bits per heavy atom. The summed E-state index contributed by atoms with van der Waals surface area (Å²) in [6.45, 7) is 6.73. The average molecular weight is 344 g/mol. The first-order chi connectivity index (χ1) is 10.6. The first kappa shape index (κ1) is 19.5. The van der Waals surface area contributed by atoms with Crippen LogP contribution in [0.3, 0.4) is 0 Å². The molecule has 0 bridgehead atoms. The van der Waals surface area contributed by atoms with Crippen LogP contribution in [0.5, 0.6) is 0 Å². The first-order valence-electron chi connectivity index (χ1n) is 7.29. The topological polar surface area (TPSA) is 84.9 Å². The largest absolute Gasteiger partial charge is 0.461 e. The number of carbonyl (C=O) groups excluding carboxylic acids is 3. The second kappa shape index (κ2) is 7.83. The number of likely N-dealkylation sites (tertiary alicyclic amines) is 1. The van der Waals surface area contributed by atoms with Crippen molar-refractivity contribution in [2.45, 2.75) is 39.3 Å². The van der Waals surface area contributed by atoms with Gasteiger partial charge in [0.15, 0.2) is 0 Å². The molecule has 0 aliphatic carbocycles. The Balaban J connectivity index is 3.11. The minimum absolute atomic E-state index is 0.104. The van der Waals surface area contributed by atoms with Gasteiger partial charge >= 0.3 is 11.9 Å². The summed E-state index contributed by atoms with van der Waals surface area (Å²) < 4.78 is 10.3. The molecule has 1 unspecified atom stereocenters. The van der Waals surface area contributed by atoms with Crippen LogP contribution in [0.4, 0.5) is 0 Å². The molecule has 1 aliphatic rings. The van der Waals surface area contributed by atoms with Crippen LogP contribution in [-0.4, -0.2) is 60.3 Å². The minimum Gasteiger partial charge on any atom is -0.461 e. The number of likely N-dealkylation sites (N-methyl/N-ethyl adjacent to an activating group) is 1. The number of amides is 1. The lowest BCUT2D eigenvalue weighted by atomic mass is 10.0. The number of hydrogen-bond acceptors (Lipinski definition) is 7. The van der Waals surface area contributed by atoms with Gasteiger partial charge in [-0.1, -0.05) is 0 Å². The predicted molar refractivity (Wildman–Crippen MR) is 87.9 cm³/mol. The molecule has 8 heteroatoms. The van der Waals surface area contributed by atoms with Crippen LogP contribution in [0.2, 0.25) is 0 Å². The van der Waals surface area contributed by atoms with E-state index in [1.807, 2.05) is 0 Å². The summed E-state index contributed by atoms with van der Waals surface area (Å²) in [5.74, 6) is -1.17. The van der Waals surface area contributed by atoms with Gasteiger partial charge in [-0.25, -0.2) is 4.79 Å². The Morgan fingerprint density at radius 1 is 1.39 bits per heavy atom. The number of nitrogens with one attached hydrogen (secondary N) is 1. The summed E-state index contributed by atoms with van der Waals surface area (Å²) in [5.41, 5.74) is -0.171. The van der Waals surface area contributed by atoms with Crippen LogP contribution in [0.1, 0.15) is 27.7 Å². The number of carbonyl (C=O) groups is 3. The zero-order chi connectivity index (χ0) is 17.8. The Morgan fingerprint density at radius 3 is 2.39 bits per heavy atom. The SMILES string of the molecule is CNC1CN(/C(C(=O)OC(C)(C)C)=C(\CS)COC(C)=O)C1=O. The molecular formula is C15H24N2O5S. The molecule has 1 fully saturated rings. The van der Waals surface area contributed by atoms with E-state index in [9.17, 15) is 14.4 Å². The molecule has 130 valence electrons. The van der Waals surface area contributed by atoms with Gasteiger partial charge < -0.3 is 19.7 Å². The third kappa shape index (κ3) is 5.24.